The van der Waals surface area contributed by atoms with Crippen molar-refractivity contribution in [2.24, 2.45) is 0 Å². The third kappa shape index (κ3) is 1.69. The van der Waals surface area contributed by atoms with Gasteiger partial charge in [0.1, 0.15) is 5.58 Å². The van der Waals surface area contributed by atoms with Crippen molar-refractivity contribution in [3.05, 3.63) is 35.6 Å². The Bertz CT molecular complexity index is 602. The molecule has 1 aromatic heterocycles. The molecular formula is C14H15NO3. The summed E-state index contributed by atoms with van der Waals surface area (Å²) < 4.78 is 5.64. The molecule has 1 atom stereocenters. The Hall–Kier alpha value is -1.81. The number of para-hydroxylation sites is 1. The first-order chi connectivity index (χ1) is 8.66. The lowest BCUT2D eigenvalue weighted by Gasteiger charge is -2.13. The van der Waals surface area contributed by atoms with Crippen molar-refractivity contribution in [1.29, 1.82) is 0 Å². The Morgan fingerprint density at radius 1 is 1.44 bits per heavy atom. The zero-order valence-corrected chi connectivity index (χ0v) is 10.2. The van der Waals surface area contributed by atoms with Gasteiger partial charge >= 0.3 is 0 Å². The predicted molar refractivity (Wildman–Crippen MR) is 67.5 cm³/mol. The number of nitrogens with zero attached hydrogens (tertiary/aromatic N) is 1. The molecule has 3 rings (SSSR count). The van der Waals surface area contributed by atoms with E-state index in [2.05, 4.69) is 0 Å². The fourth-order valence-corrected chi connectivity index (χ4v) is 2.45. The van der Waals surface area contributed by atoms with Gasteiger partial charge in [0.05, 0.1) is 6.10 Å². The van der Waals surface area contributed by atoms with Crippen LogP contribution in [0.15, 0.2) is 28.7 Å². The molecule has 2 heterocycles. The van der Waals surface area contributed by atoms with Crippen molar-refractivity contribution in [2.45, 2.75) is 19.4 Å². The second kappa shape index (κ2) is 4.14. The van der Waals surface area contributed by atoms with Crippen molar-refractivity contribution in [1.82, 2.24) is 4.90 Å². The number of hydrogen-bond donors (Lipinski definition) is 1. The molecule has 0 radical (unpaired) electrons. The first kappa shape index (κ1) is 11.3. The summed E-state index contributed by atoms with van der Waals surface area (Å²) in [5.74, 6) is 0.269. The first-order valence-corrected chi connectivity index (χ1v) is 6.12. The predicted octanol–water partition coefficient (Wildman–Crippen LogP) is 1.95. The summed E-state index contributed by atoms with van der Waals surface area (Å²) in [6.45, 7) is 2.89. The van der Waals surface area contributed by atoms with Crippen LogP contribution in [0, 0.1) is 6.92 Å². The third-order valence-corrected chi connectivity index (χ3v) is 3.49. The third-order valence-electron chi connectivity index (χ3n) is 3.49. The number of benzene rings is 1. The van der Waals surface area contributed by atoms with Crippen LogP contribution >= 0.6 is 0 Å². The number of hydrogen-bond acceptors (Lipinski definition) is 3. The Balaban J connectivity index is 1.99. The van der Waals surface area contributed by atoms with Crippen LogP contribution in [0.25, 0.3) is 11.0 Å². The van der Waals surface area contributed by atoms with Crippen LogP contribution in [0.5, 0.6) is 0 Å². The van der Waals surface area contributed by atoms with E-state index in [-0.39, 0.29) is 5.91 Å². The molecule has 18 heavy (non-hydrogen) atoms. The Labute approximate surface area is 105 Å². The minimum absolute atomic E-state index is 0.125. The van der Waals surface area contributed by atoms with Gasteiger partial charge in [-0.3, -0.25) is 4.79 Å². The molecule has 1 aliphatic rings. The smallest absolute Gasteiger partial charge is 0.289 e. The van der Waals surface area contributed by atoms with Gasteiger partial charge in [-0.2, -0.15) is 0 Å². The van der Waals surface area contributed by atoms with Crippen molar-refractivity contribution in [3.8, 4) is 0 Å². The lowest BCUT2D eigenvalue weighted by atomic mass is 10.1. The number of fused-ring (bicyclic) bond motifs is 1. The number of carbonyl (C=O) groups is 1. The highest BCUT2D eigenvalue weighted by Gasteiger charge is 2.28. The molecule has 1 N–H and O–H groups in total. The number of amides is 1. The van der Waals surface area contributed by atoms with E-state index in [1.807, 2.05) is 31.2 Å². The number of aliphatic hydroxyl groups excluding tert-OH is 1. The second-order valence-electron chi connectivity index (χ2n) is 4.75. The highest BCUT2D eigenvalue weighted by molar-refractivity contribution is 5.99. The molecule has 1 aliphatic heterocycles. The summed E-state index contributed by atoms with van der Waals surface area (Å²) in [7, 11) is 0. The van der Waals surface area contributed by atoms with Crippen molar-refractivity contribution >= 4 is 16.9 Å². The van der Waals surface area contributed by atoms with Crippen LogP contribution in [0.4, 0.5) is 0 Å². The molecule has 0 unspecified atom stereocenters. The van der Waals surface area contributed by atoms with E-state index >= 15 is 0 Å². The molecule has 0 bridgehead atoms. The van der Waals surface area contributed by atoms with Crippen LogP contribution in [0.2, 0.25) is 0 Å². The standard InChI is InChI=1S/C14H15NO3/c1-9-11-4-2-3-5-12(11)18-13(9)14(17)15-7-6-10(16)8-15/h2-5,10,16H,6-8H2,1H3/t10-/m1/s1. The number of rotatable bonds is 1. The number of furan rings is 1. The largest absolute Gasteiger partial charge is 0.451 e. The average Bonchev–Trinajstić information content (AvgIpc) is 2.94. The minimum Gasteiger partial charge on any atom is -0.451 e. The average molecular weight is 245 g/mol. The van der Waals surface area contributed by atoms with Gasteiger partial charge in [-0.25, -0.2) is 0 Å². The Kier molecular flexibility index (Phi) is 2.59. The SMILES string of the molecule is Cc1c(C(=O)N2CC[C@@H](O)C2)oc2ccccc12. The maximum Gasteiger partial charge on any atom is 0.289 e. The molecule has 94 valence electrons. The van der Waals surface area contributed by atoms with Crippen LogP contribution in [-0.4, -0.2) is 35.1 Å². The van der Waals surface area contributed by atoms with Crippen molar-refractivity contribution < 1.29 is 14.3 Å². The summed E-state index contributed by atoms with van der Waals surface area (Å²) in [6.07, 6.45) is 0.240. The van der Waals surface area contributed by atoms with E-state index in [0.717, 1.165) is 16.5 Å². The molecule has 0 aliphatic carbocycles. The van der Waals surface area contributed by atoms with Gasteiger partial charge in [0, 0.05) is 24.0 Å². The first-order valence-electron chi connectivity index (χ1n) is 6.12. The van der Waals surface area contributed by atoms with E-state index in [1.54, 1.807) is 4.90 Å². The van der Waals surface area contributed by atoms with Gasteiger partial charge in [0.2, 0.25) is 0 Å². The number of aryl methyl sites for hydroxylation is 1. The Morgan fingerprint density at radius 2 is 2.22 bits per heavy atom. The molecule has 2 aromatic rings. The summed E-state index contributed by atoms with van der Waals surface area (Å²) >= 11 is 0. The van der Waals surface area contributed by atoms with Crippen LogP contribution in [0.3, 0.4) is 0 Å². The molecular weight excluding hydrogens is 230 g/mol. The zero-order chi connectivity index (χ0) is 12.7. The number of aliphatic hydroxyl groups is 1. The van der Waals surface area contributed by atoms with Gasteiger partial charge in [-0.05, 0) is 19.4 Å². The van der Waals surface area contributed by atoms with E-state index in [1.165, 1.54) is 0 Å². The number of β-amino-alcohol motifs (C(OH)–C–C–N with tert-alkyl or cyclic N) is 1. The van der Waals surface area contributed by atoms with Crippen molar-refractivity contribution in [2.75, 3.05) is 13.1 Å². The fourth-order valence-electron chi connectivity index (χ4n) is 2.45. The summed E-state index contributed by atoms with van der Waals surface area (Å²) in [5.41, 5.74) is 1.61. The molecule has 4 nitrogen and oxygen atoms in total. The molecule has 1 amide bonds. The van der Waals surface area contributed by atoms with E-state index < -0.39 is 6.10 Å². The fraction of sp³-hybridized carbons (Fsp3) is 0.357. The van der Waals surface area contributed by atoms with Crippen molar-refractivity contribution in [3.63, 3.8) is 0 Å². The highest BCUT2D eigenvalue weighted by atomic mass is 16.3. The summed E-state index contributed by atoms with van der Waals surface area (Å²) in [6, 6.07) is 7.62. The minimum atomic E-state index is -0.404. The lowest BCUT2D eigenvalue weighted by molar-refractivity contribution is 0.0735. The molecule has 4 heteroatoms. The van der Waals surface area contributed by atoms with E-state index in [4.69, 9.17) is 4.42 Å². The molecule has 1 saturated heterocycles. The van der Waals surface area contributed by atoms with E-state index in [0.29, 0.717) is 25.3 Å². The van der Waals surface area contributed by atoms with Gasteiger partial charge in [0.15, 0.2) is 5.76 Å². The normalized spacial score (nSPS) is 19.7. The number of carbonyl (C=O) groups excluding carboxylic acids is 1. The summed E-state index contributed by atoms with van der Waals surface area (Å²) in [4.78, 5) is 14.0. The Morgan fingerprint density at radius 3 is 2.89 bits per heavy atom. The van der Waals surface area contributed by atoms with Gasteiger partial charge < -0.3 is 14.4 Å². The van der Waals surface area contributed by atoms with Crippen LogP contribution in [0.1, 0.15) is 22.5 Å². The summed E-state index contributed by atoms with van der Waals surface area (Å²) in [5, 5.41) is 10.5. The highest BCUT2D eigenvalue weighted by Crippen LogP contribution is 2.26. The quantitative estimate of drug-likeness (QED) is 0.835. The van der Waals surface area contributed by atoms with Crippen LogP contribution < -0.4 is 0 Å². The maximum atomic E-state index is 12.3. The zero-order valence-electron chi connectivity index (χ0n) is 10.2. The van der Waals surface area contributed by atoms with Gasteiger partial charge in [-0.1, -0.05) is 18.2 Å². The second-order valence-corrected chi connectivity index (χ2v) is 4.75. The van der Waals surface area contributed by atoms with Gasteiger partial charge in [0.25, 0.3) is 5.91 Å². The molecule has 0 spiro atoms. The molecule has 1 fully saturated rings. The van der Waals surface area contributed by atoms with Crippen LogP contribution in [-0.2, 0) is 0 Å². The monoisotopic (exact) mass is 245 g/mol. The molecule has 0 saturated carbocycles. The topological polar surface area (TPSA) is 53.7 Å². The molecule has 1 aromatic carbocycles. The number of likely N-dealkylation sites (tertiary alicyclic amines) is 1. The maximum absolute atomic E-state index is 12.3. The lowest BCUT2D eigenvalue weighted by Crippen LogP contribution is -2.29. The van der Waals surface area contributed by atoms with Gasteiger partial charge in [-0.15, -0.1) is 0 Å². The van der Waals surface area contributed by atoms with E-state index in [9.17, 15) is 9.90 Å².